The van der Waals surface area contributed by atoms with E-state index in [1.165, 1.54) is 12.8 Å². The Hall–Kier alpha value is -1.38. The number of halogens is 3. The zero-order valence-electron chi connectivity index (χ0n) is 16.1. The number of nitrogens with zero attached hydrogens (tertiary/aromatic N) is 4. The van der Waals surface area contributed by atoms with Gasteiger partial charge in [-0.2, -0.15) is 4.98 Å². The number of carbonyl (C=O) groups excluding carboxylic acids is 1. The van der Waals surface area contributed by atoms with Crippen LogP contribution in [0.4, 0.5) is 0 Å². The fourth-order valence-electron chi connectivity index (χ4n) is 3.20. The van der Waals surface area contributed by atoms with Crippen LogP contribution in [0.1, 0.15) is 18.7 Å². The number of hydrogen-bond donors (Lipinski definition) is 1. The van der Waals surface area contributed by atoms with E-state index >= 15 is 0 Å². The van der Waals surface area contributed by atoms with Crippen molar-refractivity contribution < 1.29 is 9.32 Å². The number of nitrogens with one attached hydrogen (secondary N) is 1. The lowest BCUT2D eigenvalue weighted by Gasteiger charge is -2.34. The molecule has 1 N–H and O–H groups in total. The molecule has 1 saturated heterocycles. The third kappa shape index (κ3) is 6.83. The number of benzene rings is 1. The van der Waals surface area contributed by atoms with Crippen LogP contribution in [0.2, 0.25) is 5.02 Å². The van der Waals surface area contributed by atoms with Gasteiger partial charge in [-0.3, -0.25) is 9.69 Å². The molecule has 1 aromatic carbocycles. The van der Waals surface area contributed by atoms with Crippen LogP contribution in [-0.2, 0) is 11.3 Å². The van der Waals surface area contributed by atoms with Gasteiger partial charge in [0.1, 0.15) is 0 Å². The van der Waals surface area contributed by atoms with E-state index in [9.17, 15) is 4.79 Å². The van der Waals surface area contributed by atoms with Crippen LogP contribution < -0.4 is 5.32 Å². The lowest BCUT2D eigenvalue weighted by Crippen LogP contribution is -2.50. The smallest absolute Gasteiger partial charge is 0.241 e. The van der Waals surface area contributed by atoms with Crippen LogP contribution in [-0.4, -0.2) is 65.1 Å². The summed E-state index contributed by atoms with van der Waals surface area (Å²) in [5.74, 6) is 2.14. The number of amides is 1. The van der Waals surface area contributed by atoms with Gasteiger partial charge < -0.3 is 14.7 Å². The molecule has 1 saturated carbocycles. The number of piperazine rings is 1. The molecule has 0 spiro atoms. The molecule has 0 atom stereocenters. The van der Waals surface area contributed by atoms with E-state index in [4.69, 9.17) is 16.1 Å². The van der Waals surface area contributed by atoms with Crippen molar-refractivity contribution in [2.45, 2.75) is 19.4 Å². The predicted octanol–water partition coefficient (Wildman–Crippen LogP) is 2.88. The number of aromatic nitrogens is 2. The first-order valence-electron chi connectivity index (χ1n) is 9.47. The van der Waals surface area contributed by atoms with Gasteiger partial charge >= 0.3 is 0 Å². The highest BCUT2D eigenvalue weighted by atomic mass is 35.5. The van der Waals surface area contributed by atoms with Crippen molar-refractivity contribution in [1.29, 1.82) is 0 Å². The maximum atomic E-state index is 12.2. The topological polar surface area (TPSA) is 74.5 Å². The first-order chi connectivity index (χ1) is 13.2. The first kappa shape index (κ1) is 23.9. The van der Waals surface area contributed by atoms with Crippen LogP contribution in [0.15, 0.2) is 28.8 Å². The maximum Gasteiger partial charge on any atom is 0.241 e. The third-order valence-electron chi connectivity index (χ3n) is 5.06. The van der Waals surface area contributed by atoms with Gasteiger partial charge in [-0.25, -0.2) is 0 Å². The summed E-state index contributed by atoms with van der Waals surface area (Å²) in [4.78, 5) is 20.9. The highest BCUT2D eigenvalue weighted by molar-refractivity contribution is 6.30. The predicted molar refractivity (Wildman–Crippen MR) is 117 cm³/mol. The minimum atomic E-state index is 0. The average Bonchev–Trinajstić information content (AvgIpc) is 3.39. The highest BCUT2D eigenvalue weighted by Crippen LogP contribution is 2.27. The molecule has 1 aliphatic carbocycles. The summed E-state index contributed by atoms with van der Waals surface area (Å²) in [6, 6.07) is 7.36. The van der Waals surface area contributed by atoms with Crippen LogP contribution in [0, 0.1) is 5.92 Å². The second kappa shape index (κ2) is 11.1. The molecular formula is C19H26Cl3N5O2. The molecule has 160 valence electrons. The normalized spacial score (nSPS) is 16.8. The van der Waals surface area contributed by atoms with Gasteiger partial charge in [0.2, 0.25) is 17.6 Å². The molecule has 2 heterocycles. The van der Waals surface area contributed by atoms with Gasteiger partial charge in [-0.1, -0.05) is 16.8 Å². The summed E-state index contributed by atoms with van der Waals surface area (Å²) in [7, 11) is 0. The Kier molecular flexibility index (Phi) is 9.17. The highest BCUT2D eigenvalue weighted by Gasteiger charge is 2.24. The molecule has 2 aromatic rings. The molecule has 4 rings (SSSR count). The SMILES string of the molecule is Cl.Cl.O=C(CNCC1CC1)N1CCN(Cc2nc(-c3ccc(Cl)cc3)no2)CC1. The summed E-state index contributed by atoms with van der Waals surface area (Å²) < 4.78 is 5.38. The Morgan fingerprint density at radius 1 is 1.14 bits per heavy atom. The molecule has 2 aliphatic rings. The Labute approximate surface area is 188 Å². The summed E-state index contributed by atoms with van der Waals surface area (Å²) >= 11 is 5.91. The van der Waals surface area contributed by atoms with Crippen LogP contribution in [0.3, 0.4) is 0 Å². The molecule has 1 aliphatic heterocycles. The molecule has 0 bridgehead atoms. The van der Waals surface area contributed by atoms with Crippen LogP contribution >= 0.6 is 36.4 Å². The Morgan fingerprint density at radius 3 is 2.48 bits per heavy atom. The molecule has 29 heavy (non-hydrogen) atoms. The molecule has 0 unspecified atom stereocenters. The van der Waals surface area contributed by atoms with Crippen molar-refractivity contribution in [3.8, 4) is 11.4 Å². The summed E-state index contributed by atoms with van der Waals surface area (Å²) in [6.07, 6.45) is 2.60. The van der Waals surface area contributed by atoms with E-state index in [0.717, 1.165) is 44.2 Å². The third-order valence-corrected chi connectivity index (χ3v) is 5.31. The quantitative estimate of drug-likeness (QED) is 0.682. The zero-order chi connectivity index (χ0) is 18.6. The van der Waals surface area contributed by atoms with E-state index in [0.29, 0.717) is 29.8 Å². The lowest BCUT2D eigenvalue weighted by molar-refractivity contribution is -0.132. The van der Waals surface area contributed by atoms with Crippen molar-refractivity contribution in [3.05, 3.63) is 35.2 Å². The van der Waals surface area contributed by atoms with Gasteiger partial charge in [-0.05, 0) is 49.6 Å². The van der Waals surface area contributed by atoms with Gasteiger partial charge in [0.05, 0.1) is 13.1 Å². The maximum absolute atomic E-state index is 12.2. The molecule has 1 aromatic heterocycles. The van der Waals surface area contributed by atoms with Crippen molar-refractivity contribution >= 4 is 42.3 Å². The van der Waals surface area contributed by atoms with E-state index in [-0.39, 0.29) is 30.7 Å². The molecule has 0 radical (unpaired) electrons. The minimum absolute atomic E-state index is 0. The second-order valence-electron chi connectivity index (χ2n) is 7.25. The Morgan fingerprint density at radius 2 is 1.83 bits per heavy atom. The summed E-state index contributed by atoms with van der Waals surface area (Å²) in [6.45, 7) is 5.12. The molecular weight excluding hydrogens is 437 g/mol. The standard InChI is InChI=1S/C19H24ClN5O2.2ClH/c20-16-5-3-15(4-6-16)19-22-17(27-23-19)13-24-7-9-25(10-8-24)18(26)12-21-11-14-1-2-14;;/h3-6,14,21H,1-2,7-13H2;2*1H. The van der Waals surface area contributed by atoms with E-state index < -0.39 is 0 Å². The summed E-state index contributed by atoms with van der Waals surface area (Å²) in [5.41, 5.74) is 0.878. The minimum Gasteiger partial charge on any atom is -0.339 e. The largest absolute Gasteiger partial charge is 0.339 e. The fourth-order valence-corrected chi connectivity index (χ4v) is 3.32. The molecule has 10 heteroatoms. The zero-order valence-corrected chi connectivity index (χ0v) is 18.4. The molecule has 2 fully saturated rings. The van der Waals surface area contributed by atoms with Gasteiger partial charge in [0, 0.05) is 36.8 Å². The van der Waals surface area contributed by atoms with Gasteiger partial charge in [0.15, 0.2) is 0 Å². The van der Waals surface area contributed by atoms with E-state index in [1.807, 2.05) is 29.2 Å². The summed E-state index contributed by atoms with van der Waals surface area (Å²) in [5, 5.41) is 8.00. The molecule has 1 amide bonds. The number of carbonyl (C=O) groups is 1. The van der Waals surface area contributed by atoms with Crippen molar-refractivity contribution in [2.75, 3.05) is 39.3 Å². The Balaban J connectivity index is 0.00000150. The van der Waals surface area contributed by atoms with E-state index in [2.05, 4.69) is 20.4 Å². The van der Waals surface area contributed by atoms with Crippen LogP contribution in [0.25, 0.3) is 11.4 Å². The van der Waals surface area contributed by atoms with Crippen molar-refractivity contribution in [2.24, 2.45) is 5.92 Å². The fraction of sp³-hybridized carbons (Fsp3) is 0.526. The van der Waals surface area contributed by atoms with Crippen molar-refractivity contribution in [3.63, 3.8) is 0 Å². The molecule has 7 nitrogen and oxygen atoms in total. The Bertz CT molecular complexity index is 774. The number of hydrogen-bond acceptors (Lipinski definition) is 6. The van der Waals surface area contributed by atoms with Gasteiger partial charge in [-0.15, -0.1) is 24.8 Å². The first-order valence-corrected chi connectivity index (χ1v) is 9.84. The average molecular weight is 463 g/mol. The second-order valence-corrected chi connectivity index (χ2v) is 7.69. The van der Waals surface area contributed by atoms with E-state index in [1.54, 1.807) is 0 Å². The van der Waals surface area contributed by atoms with Gasteiger partial charge in [0.25, 0.3) is 0 Å². The lowest BCUT2D eigenvalue weighted by atomic mass is 10.2. The van der Waals surface area contributed by atoms with Crippen LogP contribution in [0.5, 0.6) is 0 Å². The monoisotopic (exact) mass is 461 g/mol. The number of rotatable bonds is 7. The van der Waals surface area contributed by atoms with Crippen molar-refractivity contribution in [1.82, 2.24) is 25.3 Å².